The Balaban J connectivity index is 0.000000980. The predicted octanol–water partition coefficient (Wildman–Crippen LogP) is -0.0374. The van der Waals surface area contributed by atoms with Gasteiger partial charge in [-0.15, -0.1) is 0 Å². The van der Waals surface area contributed by atoms with Crippen molar-refractivity contribution < 1.29 is 11.0 Å². The highest BCUT2D eigenvalue weighted by molar-refractivity contribution is 6.32. The minimum absolute atomic E-state index is 0. The SMILES string of the molecule is Bc1ccc(-c2ccccc2)cc1.O.O. The third-order valence-corrected chi connectivity index (χ3v) is 2.16. The van der Waals surface area contributed by atoms with Crippen LogP contribution in [0.25, 0.3) is 11.1 Å². The van der Waals surface area contributed by atoms with Gasteiger partial charge < -0.3 is 11.0 Å². The Labute approximate surface area is 90.6 Å². The quantitative estimate of drug-likeness (QED) is 0.582. The summed E-state index contributed by atoms with van der Waals surface area (Å²) in [7, 11) is 2.11. The van der Waals surface area contributed by atoms with Crippen molar-refractivity contribution in [2.45, 2.75) is 0 Å². The van der Waals surface area contributed by atoms with E-state index in [-0.39, 0.29) is 11.0 Å². The van der Waals surface area contributed by atoms with Gasteiger partial charge in [0, 0.05) is 0 Å². The van der Waals surface area contributed by atoms with Gasteiger partial charge in [-0.1, -0.05) is 60.1 Å². The average Bonchev–Trinajstić information content (AvgIpc) is 2.20. The van der Waals surface area contributed by atoms with Crippen LogP contribution in [0.1, 0.15) is 0 Å². The molecule has 3 heteroatoms. The molecule has 15 heavy (non-hydrogen) atoms. The van der Waals surface area contributed by atoms with E-state index in [1.54, 1.807) is 0 Å². The van der Waals surface area contributed by atoms with Crippen LogP contribution >= 0.6 is 0 Å². The number of hydrogen-bond acceptors (Lipinski definition) is 0. The Morgan fingerprint density at radius 2 is 1.07 bits per heavy atom. The maximum Gasteiger partial charge on any atom is 0.139 e. The molecule has 2 nitrogen and oxygen atoms in total. The zero-order valence-electron chi connectivity index (χ0n) is 8.70. The number of hydrogen-bond donors (Lipinski definition) is 0. The van der Waals surface area contributed by atoms with Crippen molar-refractivity contribution in [1.29, 1.82) is 0 Å². The van der Waals surface area contributed by atoms with Gasteiger partial charge >= 0.3 is 0 Å². The fraction of sp³-hybridized carbons (Fsp3) is 0. The molecule has 2 aromatic carbocycles. The van der Waals surface area contributed by atoms with Crippen molar-refractivity contribution in [3.63, 3.8) is 0 Å². The second-order valence-electron chi connectivity index (χ2n) is 3.23. The molecule has 0 saturated carbocycles. The largest absolute Gasteiger partial charge is 0.412 e. The molecule has 0 aliphatic heterocycles. The number of benzene rings is 2. The van der Waals surface area contributed by atoms with Crippen molar-refractivity contribution >= 4 is 13.3 Å². The topological polar surface area (TPSA) is 63.0 Å². The minimum atomic E-state index is 0. The van der Waals surface area contributed by atoms with Gasteiger partial charge in [0.25, 0.3) is 0 Å². The highest BCUT2D eigenvalue weighted by Gasteiger charge is 1.93. The van der Waals surface area contributed by atoms with E-state index in [9.17, 15) is 0 Å². The first-order valence-electron chi connectivity index (χ1n) is 4.48. The second kappa shape index (κ2) is 6.01. The Morgan fingerprint density at radius 3 is 1.60 bits per heavy atom. The summed E-state index contributed by atoms with van der Waals surface area (Å²) in [4.78, 5) is 0. The van der Waals surface area contributed by atoms with E-state index in [0.717, 1.165) is 0 Å². The van der Waals surface area contributed by atoms with Crippen molar-refractivity contribution in [1.82, 2.24) is 0 Å². The van der Waals surface area contributed by atoms with Gasteiger partial charge in [-0.25, -0.2) is 0 Å². The molecule has 0 aliphatic carbocycles. The summed E-state index contributed by atoms with van der Waals surface area (Å²) in [6.07, 6.45) is 0. The normalized spacial score (nSPS) is 8.53. The van der Waals surface area contributed by atoms with Gasteiger partial charge in [0.05, 0.1) is 0 Å². The third-order valence-electron chi connectivity index (χ3n) is 2.16. The average molecular weight is 202 g/mol. The lowest BCUT2D eigenvalue weighted by Gasteiger charge is -2.00. The zero-order chi connectivity index (χ0) is 9.10. The number of rotatable bonds is 1. The van der Waals surface area contributed by atoms with Gasteiger partial charge in [0.2, 0.25) is 0 Å². The molecule has 4 N–H and O–H groups in total. The van der Waals surface area contributed by atoms with Gasteiger partial charge in [0.1, 0.15) is 7.85 Å². The van der Waals surface area contributed by atoms with Crippen LogP contribution in [0.3, 0.4) is 0 Å². The van der Waals surface area contributed by atoms with Crippen molar-refractivity contribution in [2.24, 2.45) is 0 Å². The van der Waals surface area contributed by atoms with Crippen LogP contribution in [0.15, 0.2) is 54.6 Å². The highest BCUT2D eigenvalue weighted by Crippen LogP contribution is 2.16. The molecule has 0 aliphatic rings. The van der Waals surface area contributed by atoms with Crippen LogP contribution in [0.5, 0.6) is 0 Å². The first kappa shape index (κ1) is 13.4. The molecule has 78 valence electrons. The van der Waals surface area contributed by atoms with Crippen LogP contribution < -0.4 is 5.46 Å². The monoisotopic (exact) mass is 202 g/mol. The van der Waals surface area contributed by atoms with E-state index >= 15 is 0 Å². The molecule has 0 atom stereocenters. The Bertz CT molecular complexity index is 384. The van der Waals surface area contributed by atoms with Crippen molar-refractivity contribution in [3.05, 3.63) is 54.6 Å². The Kier molecular flexibility index (Phi) is 5.38. The fourth-order valence-electron chi connectivity index (χ4n) is 1.38. The minimum Gasteiger partial charge on any atom is -0.412 e. The summed E-state index contributed by atoms with van der Waals surface area (Å²) in [5, 5.41) is 0. The lowest BCUT2D eigenvalue weighted by atomic mass is 9.94. The van der Waals surface area contributed by atoms with E-state index in [0.29, 0.717) is 0 Å². The Hall–Kier alpha value is -1.58. The maximum absolute atomic E-state index is 2.16. The molecule has 0 amide bonds. The molecular formula is C12H15BO2. The third kappa shape index (κ3) is 3.24. The molecule has 0 aromatic heterocycles. The lowest BCUT2D eigenvalue weighted by Crippen LogP contribution is -1.98. The first-order chi connectivity index (χ1) is 6.36. The second-order valence-corrected chi connectivity index (χ2v) is 3.23. The first-order valence-corrected chi connectivity index (χ1v) is 4.48. The summed E-state index contributed by atoms with van der Waals surface area (Å²) >= 11 is 0. The molecular weight excluding hydrogens is 187 g/mol. The molecule has 0 fully saturated rings. The summed E-state index contributed by atoms with van der Waals surface area (Å²) in [5.74, 6) is 0. The molecule has 0 unspecified atom stereocenters. The molecule has 0 spiro atoms. The highest BCUT2D eigenvalue weighted by atomic mass is 16.0. The molecule has 2 aromatic rings. The van der Waals surface area contributed by atoms with E-state index < -0.39 is 0 Å². The van der Waals surface area contributed by atoms with E-state index in [1.807, 2.05) is 6.07 Å². The van der Waals surface area contributed by atoms with Gasteiger partial charge in [0.15, 0.2) is 0 Å². The molecule has 0 radical (unpaired) electrons. The van der Waals surface area contributed by atoms with E-state index in [4.69, 9.17) is 0 Å². The lowest BCUT2D eigenvalue weighted by molar-refractivity contribution is 0.823. The van der Waals surface area contributed by atoms with E-state index in [1.165, 1.54) is 16.6 Å². The smallest absolute Gasteiger partial charge is 0.139 e. The van der Waals surface area contributed by atoms with Crippen molar-refractivity contribution in [3.8, 4) is 11.1 Å². The maximum atomic E-state index is 2.16. The summed E-state index contributed by atoms with van der Waals surface area (Å²) in [6, 6.07) is 19.0. The molecule has 0 saturated heterocycles. The summed E-state index contributed by atoms with van der Waals surface area (Å²) in [6.45, 7) is 0. The van der Waals surface area contributed by atoms with Crippen LogP contribution in [-0.4, -0.2) is 18.8 Å². The predicted molar refractivity (Wildman–Crippen MR) is 67.3 cm³/mol. The zero-order valence-corrected chi connectivity index (χ0v) is 8.70. The van der Waals surface area contributed by atoms with E-state index in [2.05, 4.69) is 56.4 Å². The summed E-state index contributed by atoms with van der Waals surface area (Å²) < 4.78 is 0. The van der Waals surface area contributed by atoms with Gasteiger partial charge in [-0.05, 0) is 11.1 Å². The van der Waals surface area contributed by atoms with Crippen LogP contribution in [0.4, 0.5) is 0 Å². The van der Waals surface area contributed by atoms with Crippen LogP contribution in [0.2, 0.25) is 0 Å². The molecule has 2 rings (SSSR count). The standard InChI is InChI=1S/C12H11B.2H2O/c13-12-8-6-11(7-9-12)10-4-2-1-3-5-10;;/h1-9H,13H2;2*1H2. The fourth-order valence-corrected chi connectivity index (χ4v) is 1.38. The van der Waals surface area contributed by atoms with Crippen molar-refractivity contribution in [2.75, 3.05) is 0 Å². The van der Waals surface area contributed by atoms with Gasteiger partial charge in [-0.3, -0.25) is 0 Å². The summed E-state index contributed by atoms with van der Waals surface area (Å²) in [5.41, 5.74) is 3.87. The van der Waals surface area contributed by atoms with Crippen LogP contribution in [-0.2, 0) is 0 Å². The molecule has 0 bridgehead atoms. The Morgan fingerprint density at radius 1 is 0.600 bits per heavy atom. The molecule has 0 heterocycles. The van der Waals surface area contributed by atoms with Crippen LogP contribution in [0, 0.1) is 0 Å². The van der Waals surface area contributed by atoms with Gasteiger partial charge in [-0.2, -0.15) is 0 Å².